The molecule has 1 aromatic heterocycles. The van der Waals surface area contributed by atoms with Crippen molar-refractivity contribution in [3.63, 3.8) is 0 Å². The van der Waals surface area contributed by atoms with E-state index >= 15 is 0 Å². The Labute approximate surface area is 165 Å². The quantitative estimate of drug-likeness (QED) is 0.346. The average molecular weight is 366 g/mol. The summed E-state index contributed by atoms with van der Waals surface area (Å²) in [6, 6.07) is 22.3. The van der Waals surface area contributed by atoms with Gasteiger partial charge in [0.1, 0.15) is 11.0 Å². The summed E-state index contributed by atoms with van der Waals surface area (Å²) in [4.78, 5) is 1.69. The summed E-state index contributed by atoms with van der Waals surface area (Å²) >= 11 is 0. The third-order valence-electron chi connectivity index (χ3n) is 3.26. The van der Waals surface area contributed by atoms with Crippen LogP contribution < -0.4 is 0 Å². The normalized spacial score (nSPS) is 8.74. The predicted octanol–water partition coefficient (Wildman–Crippen LogP) is 7.68. The Hall–Kier alpha value is -2.68. The van der Waals surface area contributed by atoms with Gasteiger partial charge in [0.25, 0.3) is 0 Å². The number of fused-ring (bicyclic) bond motifs is 3. The molecule has 0 aliphatic carbocycles. The summed E-state index contributed by atoms with van der Waals surface area (Å²) in [5.41, 5.74) is 2.84. The van der Waals surface area contributed by atoms with Gasteiger partial charge >= 0.3 is 0 Å². The van der Waals surface area contributed by atoms with Gasteiger partial charge in [-0.25, -0.2) is 0 Å². The molecule has 0 amide bonds. The third-order valence-corrected chi connectivity index (χ3v) is 3.26. The van der Waals surface area contributed by atoms with Gasteiger partial charge < -0.3 is 0 Å². The molecule has 0 unspecified atom stereocenters. The predicted molar refractivity (Wildman–Crippen MR) is 122 cm³/mol. The molecular weight excluding hydrogens is 330 g/mol. The van der Waals surface area contributed by atoms with Crippen LogP contribution in [0.25, 0.3) is 27.5 Å². The minimum Gasteiger partial charge on any atom is -0.150 e. The second-order valence-electron chi connectivity index (χ2n) is 4.48. The van der Waals surface area contributed by atoms with Crippen molar-refractivity contribution in [2.24, 2.45) is 0 Å². The molecule has 3 heteroatoms. The zero-order valence-electron chi connectivity index (χ0n) is 18.2. The second-order valence-corrected chi connectivity index (χ2v) is 4.48. The Kier molecular flexibility index (Phi) is 13.0. The summed E-state index contributed by atoms with van der Waals surface area (Å²) in [5, 5.41) is 11.5. The monoisotopic (exact) mass is 365 g/mol. The van der Waals surface area contributed by atoms with Gasteiger partial charge in [-0.3, -0.25) is 0 Å². The number of aromatic nitrogens is 3. The Balaban J connectivity index is 0.000000757. The van der Waals surface area contributed by atoms with Gasteiger partial charge in [0.15, 0.2) is 0 Å². The fraction of sp³-hybridized carbons (Fsp3) is 0.333. The topological polar surface area (TPSA) is 30.7 Å². The third kappa shape index (κ3) is 6.21. The van der Waals surface area contributed by atoms with E-state index in [0.29, 0.717) is 0 Å². The molecule has 0 saturated carbocycles. The van der Waals surface area contributed by atoms with Crippen LogP contribution in [0.5, 0.6) is 0 Å². The molecule has 0 fully saturated rings. The van der Waals surface area contributed by atoms with Gasteiger partial charge in [0.05, 0.1) is 5.69 Å². The standard InChI is InChI=1S/C16H11N3.4C2H6/c1-2-7-13(8-3-1)19-17-15-11-10-12-6-4-5-9-14(12)16(15)18-19;4*1-2/h1-11H;4*1-2H3. The van der Waals surface area contributed by atoms with Gasteiger partial charge in [0.2, 0.25) is 0 Å². The second kappa shape index (κ2) is 14.5. The maximum Gasteiger partial charge on any atom is 0.121 e. The first-order valence-electron chi connectivity index (χ1n) is 10.2. The lowest BCUT2D eigenvalue weighted by Gasteiger charge is -1.96. The summed E-state index contributed by atoms with van der Waals surface area (Å²) in [7, 11) is 0. The highest BCUT2D eigenvalue weighted by atomic mass is 15.5. The molecular formula is C24H35N3. The lowest BCUT2D eigenvalue weighted by molar-refractivity contribution is 0.766. The summed E-state index contributed by atoms with van der Waals surface area (Å²) < 4.78 is 0. The maximum atomic E-state index is 4.62. The van der Waals surface area contributed by atoms with Crippen LogP contribution in [0.1, 0.15) is 55.4 Å². The largest absolute Gasteiger partial charge is 0.150 e. The molecule has 0 aliphatic rings. The van der Waals surface area contributed by atoms with E-state index in [1.54, 1.807) is 4.80 Å². The molecule has 3 aromatic carbocycles. The minimum atomic E-state index is 0.919. The van der Waals surface area contributed by atoms with Crippen LogP contribution in [0.2, 0.25) is 0 Å². The van der Waals surface area contributed by atoms with Crippen molar-refractivity contribution in [2.45, 2.75) is 55.4 Å². The molecule has 4 aromatic rings. The molecule has 0 spiro atoms. The molecule has 0 saturated heterocycles. The van der Waals surface area contributed by atoms with E-state index in [0.717, 1.165) is 22.1 Å². The fourth-order valence-electron chi connectivity index (χ4n) is 2.33. The highest BCUT2D eigenvalue weighted by Gasteiger charge is 2.07. The van der Waals surface area contributed by atoms with Crippen molar-refractivity contribution in [1.82, 2.24) is 15.0 Å². The van der Waals surface area contributed by atoms with Crippen LogP contribution in [-0.4, -0.2) is 15.0 Å². The van der Waals surface area contributed by atoms with E-state index in [2.05, 4.69) is 28.4 Å². The van der Waals surface area contributed by atoms with Gasteiger partial charge in [0, 0.05) is 5.39 Å². The van der Waals surface area contributed by atoms with Crippen molar-refractivity contribution in [1.29, 1.82) is 0 Å². The van der Waals surface area contributed by atoms with Gasteiger partial charge in [-0.2, -0.15) is 4.80 Å². The van der Waals surface area contributed by atoms with Crippen LogP contribution in [0, 0.1) is 0 Å². The molecule has 3 nitrogen and oxygen atoms in total. The Morgan fingerprint density at radius 2 is 1.11 bits per heavy atom. The molecule has 0 N–H and O–H groups in total. The first-order chi connectivity index (χ1) is 13.4. The Morgan fingerprint density at radius 3 is 1.74 bits per heavy atom. The lowest BCUT2D eigenvalue weighted by atomic mass is 10.1. The van der Waals surface area contributed by atoms with Crippen LogP contribution in [0.3, 0.4) is 0 Å². The summed E-state index contributed by atoms with van der Waals surface area (Å²) in [6.07, 6.45) is 0. The molecule has 146 valence electrons. The SMILES string of the molecule is CC.CC.CC.CC.c1ccc(-n2nc3ccc4ccccc4c3n2)cc1. The molecule has 27 heavy (non-hydrogen) atoms. The average Bonchev–Trinajstić information content (AvgIpc) is 3.25. The van der Waals surface area contributed by atoms with Gasteiger partial charge in [-0.1, -0.05) is 104 Å². The summed E-state index contributed by atoms with van der Waals surface area (Å²) in [6.45, 7) is 16.0. The number of rotatable bonds is 1. The fourth-order valence-corrected chi connectivity index (χ4v) is 2.33. The minimum absolute atomic E-state index is 0.919. The highest BCUT2D eigenvalue weighted by molar-refractivity contribution is 6.03. The molecule has 0 bridgehead atoms. The van der Waals surface area contributed by atoms with E-state index in [9.17, 15) is 0 Å². The van der Waals surface area contributed by atoms with Crippen LogP contribution in [0.4, 0.5) is 0 Å². The van der Waals surface area contributed by atoms with E-state index in [4.69, 9.17) is 0 Å². The maximum absolute atomic E-state index is 4.62. The number of nitrogens with zero attached hydrogens (tertiary/aromatic N) is 3. The molecule has 0 radical (unpaired) electrons. The Bertz CT molecular complexity index is 864. The number of hydrogen-bond donors (Lipinski definition) is 0. The van der Waals surface area contributed by atoms with E-state index in [1.807, 2.05) is 104 Å². The molecule has 0 atom stereocenters. The number of para-hydroxylation sites is 1. The van der Waals surface area contributed by atoms with Gasteiger partial charge in [-0.05, 0) is 23.6 Å². The van der Waals surface area contributed by atoms with Gasteiger partial charge in [-0.15, -0.1) is 10.2 Å². The zero-order chi connectivity index (χ0) is 20.7. The van der Waals surface area contributed by atoms with Crippen LogP contribution in [0.15, 0.2) is 66.7 Å². The smallest absolute Gasteiger partial charge is 0.121 e. The zero-order valence-corrected chi connectivity index (χ0v) is 18.2. The lowest BCUT2D eigenvalue weighted by Crippen LogP contribution is -1.97. The van der Waals surface area contributed by atoms with Crippen molar-refractivity contribution < 1.29 is 0 Å². The molecule has 4 rings (SSSR count). The van der Waals surface area contributed by atoms with Crippen molar-refractivity contribution in [2.75, 3.05) is 0 Å². The Morgan fingerprint density at radius 1 is 0.556 bits per heavy atom. The highest BCUT2D eigenvalue weighted by Crippen LogP contribution is 2.23. The first-order valence-corrected chi connectivity index (χ1v) is 10.2. The van der Waals surface area contributed by atoms with E-state index in [-0.39, 0.29) is 0 Å². The van der Waals surface area contributed by atoms with E-state index in [1.165, 1.54) is 5.39 Å². The van der Waals surface area contributed by atoms with Crippen molar-refractivity contribution >= 4 is 21.8 Å². The summed E-state index contributed by atoms with van der Waals surface area (Å²) in [5.74, 6) is 0. The van der Waals surface area contributed by atoms with Crippen LogP contribution in [-0.2, 0) is 0 Å². The van der Waals surface area contributed by atoms with Crippen molar-refractivity contribution in [3.8, 4) is 5.69 Å². The number of benzene rings is 3. The number of hydrogen-bond acceptors (Lipinski definition) is 2. The van der Waals surface area contributed by atoms with Crippen molar-refractivity contribution in [3.05, 3.63) is 66.7 Å². The molecule has 1 heterocycles. The first kappa shape index (κ1) is 24.3. The molecule has 0 aliphatic heterocycles. The van der Waals surface area contributed by atoms with E-state index < -0.39 is 0 Å². The van der Waals surface area contributed by atoms with Crippen LogP contribution >= 0.6 is 0 Å².